The van der Waals surface area contributed by atoms with E-state index in [1.807, 2.05) is 23.6 Å². The van der Waals surface area contributed by atoms with Gasteiger partial charge in [0, 0.05) is 7.97 Å². The molecule has 1 amide bonds. The van der Waals surface area contributed by atoms with Crippen molar-refractivity contribution in [1.29, 1.82) is 0 Å². The summed E-state index contributed by atoms with van der Waals surface area (Å²) in [5.41, 5.74) is 1.47. The van der Waals surface area contributed by atoms with Crippen LogP contribution in [0, 0.1) is 0 Å². The lowest BCUT2D eigenvalue weighted by atomic mass is 10.4. The number of hydrogen-bond donors (Lipinski definition) is 1. The lowest BCUT2D eigenvalue weighted by Crippen LogP contribution is -2.22. The maximum atomic E-state index is 11.9. The Bertz CT molecular complexity index is 754. The molecule has 0 aliphatic heterocycles. The number of hydrogen-bond acceptors (Lipinski definition) is 5. The lowest BCUT2D eigenvalue weighted by molar-refractivity contribution is 0.0957. The van der Waals surface area contributed by atoms with Gasteiger partial charge in [-0.3, -0.25) is 9.36 Å². The van der Waals surface area contributed by atoms with Gasteiger partial charge in [0.25, 0.3) is 5.91 Å². The predicted molar refractivity (Wildman–Crippen MR) is 79.3 cm³/mol. The zero-order chi connectivity index (χ0) is 13.9. The number of aromatic nitrogens is 4. The number of carbonyl (C=O) groups is 1. The molecule has 0 atom stereocenters. The third-order valence-corrected chi connectivity index (χ3v) is 3.88. The first-order valence-electron chi connectivity index (χ1n) is 6.31. The highest BCUT2D eigenvalue weighted by molar-refractivity contribution is 7.16. The number of nitrogens with zero attached hydrogens (tertiary/aromatic N) is 4. The van der Waals surface area contributed by atoms with Gasteiger partial charge in [0.2, 0.25) is 0 Å². The van der Waals surface area contributed by atoms with E-state index in [1.54, 1.807) is 12.5 Å². The highest BCUT2D eigenvalue weighted by atomic mass is 32.1. The molecule has 1 N–H and O–H groups in total. The number of rotatable bonds is 4. The minimum Gasteiger partial charge on any atom is -0.351 e. The molecular weight excluding hydrogens is 274 g/mol. The molecular formula is C13H15N5OS. The Kier molecular flexibility index (Phi) is 3.42. The Balaban J connectivity index is 0.00000161. The maximum absolute atomic E-state index is 11.9. The zero-order valence-electron chi connectivity index (χ0n) is 10.9. The largest absolute Gasteiger partial charge is 0.351 e. The van der Waals surface area contributed by atoms with Gasteiger partial charge in [-0.05, 0) is 18.6 Å². The third kappa shape index (κ3) is 2.27. The summed E-state index contributed by atoms with van der Waals surface area (Å²) >= 11 is 1.41. The van der Waals surface area contributed by atoms with Crippen LogP contribution in [0.5, 0.6) is 0 Å². The van der Waals surface area contributed by atoms with Gasteiger partial charge in [-0.2, -0.15) is 0 Å². The van der Waals surface area contributed by atoms with Gasteiger partial charge in [-0.1, -0.05) is 6.92 Å². The number of fused-ring (bicyclic) bond motifs is 1. The van der Waals surface area contributed by atoms with E-state index in [-0.39, 0.29) is 7.33 Å². The van der Waals surface area contributed by atoms with Crippen LogP contribution >= 0.6 is 11.3 Å². The normalized spacial score (nSPS) is 10.8. The van der Waals surface area contributed by atoms with Crippen molar-refractivity contribution < 1.29 is 6.22 Å². The van der Waals surface area contributed by atoms with Crippen molar-refractivity contribution in [3.8, 4) is 5.00 Å². The highest BCUT2D eigenvalue weighted by Crippen LogP contribution is 2.23. The summed E-state index contributed by atoms with van der Waals surface area (Å²) in [4.78, 5) is 25.0. The summed E-state index contributed by atoms with van der Waals surface area (Å²) in [6, 6.07) is 3.72. The van der Waals surface area contributed by atoms with E-state index in [1.165, 1.54) is 17.7 Å². The summed E-state index contributed by atoms with van der Waals surface area (Å²) in [5.74, 6) is -0.0397. The Labute approximate surface area is 121 Å². The molecule has 0 saturated carbocycles. The molecule has 104 valence electrons. The molecule has 3 heterocycles. The predicted octanol–water partition coefficient (Wildman–Crippen LogP) is 2.26. The fourth-order valence-electron chi connectivity index (χ4n) is 1.83. The van der Waals surface area contributed by atoms with Crippen LogP contribution in [-0.4, -0.2) is 32.0 Å². The summed E-state index contributed by atoms with van der Waals surface area (Å²) in [5, 5.41) is 3.78. The Hall–Kier alpha value is -2.28. The van der Waals surface area contributed by atoms with Gasteiger partial charge < -0.3 is 5.32 Å². The first-order valence-corrected chi connectivity index (χ1v) is 7.12. The third-order valence-electron chi connectivity index (χ3n) is 2.80. The molecule has 0 aliphatic rings. The van der Waals surface area contributed by atoms with Crippen molar-refractivity contribution >= 4 is 28.4 Å². The zero-order valence-corrected chi connectivity index (χ0v) is 11.7. The second-order valence-electron chi connectivity index (χ2n) is 4.24. The molecule has 20 heavy (non-hydrogen) atoms. The molecule has 0 fully saturated rings. The van der Waals surface area contributed by atoms with E-state index < -0.39 is 0 Å². The molecule has 6 nitrogen and oxygen atoms in total. The first kappa shape index (κ1) is 12.7. The Morgan fingerprint density at radius 2 is 2.35 bits per heavy atom. The SMILES string of the molecule is CCCNC(=O)c1ccc(-n2cnc3cncnc32)s1.[HH]. The molecule has 0 bridgehead atoms. The van der Waals surface area contributed by atoms with Crippen LogP contribution < -0.4 is 5.32 Å². The molecule has 0 aromatic carbocycles. The topological polar surface area (TPSA) is 72.7 Å². The second kappa shape index (κ2) is 5.38. The Morgan fingerprint density at radius 1 is 1.45 bits per heavy atom. The van der Waals surface area contributed by atoms with Gasteiger partial charge >= 0.3 is 0 Å². The summed E-state index contributed by atoms with van der Waals surface area (Å²) in [6.45, 7) is 2.71. The molecule has 0 radical (unpaired) electrons. The van der Waals surface area contributed by atoms with Crippen molar-refractivity contribution in [3.05, 3.63) is 35.9 Å². The van der Waals surface area contributed by atoms with E-state index in [0.717, 1.165) is 22.6 Å². The second-order valence-corrected chi connectivity index (χ2v) is 5.30. The fraction of sp³-hybridized carbons (Fsp3) is 0.231. The van der Waals surface area contributed by atoms with Crippen LogP contribution in [0.4, 0.5) is 0 Å². The van der Waals surface area contributed by atoms with Gasteiger partial charge in [0.05, 0.1) is 11.1 Å². The summed E-state index contributed by atoms with van der Waals surface area (Å²) < 4.78 is 1.86. The van der Waals surface area contributed by atoms with E-state index in [4.69, 9.17) is 0 Å². The molecule has 7 heteroatoms. The Morgan fingerprint density at radius 3 is 3.20 bits per heavy atom. The minimum atomic E-state index is -0.0397. The molecule has 3 rings (SSSR count). The molecule has 0 saturated heterocycles. The lowest BCUT2D eigenvalue weighted by Gasteiger charge is -2.00. The number of amides is 1. The van der Waals surface area contributed by atoms with Gasteiger partial charge in [0.1, 0.15) is 23.2 Å². The van der Waals surface area contributed by atoms with Gasteiger partial charge in [-0.15, -0.1) is 11.3 Å². The van der Waals surface area contributed by atoms with Crippen LogP contribution in [0.2, 0.25) is 0 Å². The summed E-state index contributed by atoms with van der Waals surface area (Å²) in [7, 11) is 0. The number of carbonyl (C=O) groups excluding carboxylic acids is 1. The quantitative estimate of drug-likeness (QED) is 0.799. The number of imidazole rings is 1. The highest BCUT2D eigenvalue weighted by Gasteiger charge is 2.12. The average molecular weight is 289 g/mol. The van der Waals surface area contributed by atoms with E-state index in [9.17, 15) is 4.79 Å². The standard InChI is InChI=1S/C13H13N5OS.H2/c1-2-5-15-13(19)10-3-4-11(20-10)18-8-17-9-6-14-7-16-12(9)18;/h3-4,6-8H,2,5H2,1H3,(H,15,19);1H. The monoisotopic (exact) mass is 289 g/mol. The minimum absolute atomic E-state index is 0. The first-order chi connectivity index (χ1) is 9.79. The average Bonchev–Trinajstić information content (AvgIpc) is 3.10. The molecule has 0 spiro atoms. The molecule has 0 aliphatic carbocycles. The van der Waals surface area contributed by atoms with Gasteiger partial charge in [-0.25, -0.2) is 15.0 Å². The van der Waals surface area contributed by atoms with Crippen LogP contribution in [-0.2, 0) is 0 Å². The van der Waals surface area contributed by atoms with Crippen molar-refractivity contribution in [3.63, 3.8) is 0 Å². The fourth-order valence-corrected chi connectivity index (χ4v) is 2.73. The van der Waals surface area contributed by atoms with Crippen molar-refractivity contribution in [2.45, 2.75) is 13.3 Å². The van der Waals surface area contributed by atoms with Crippen molar-refractivity contribution in [2.75, 3.05) is 6.54 Å². The van der Waals surface area contributed by atoms with Crippen LogP contribution in [0.25, 0.3) is 16.2 Å². The molecule has 3 aromatic heterocycles. The van der Waals surface area contributed by atoms with Gasteiger partial charge in [0.15, 0.2) is 5.65 Å². The molecule has 0 unspecified atom stereocenters. The van der Waals surface area contributed by atoms with Crippen molar-refractivity contribution in [1.82, 2.24) is 24.8 Å². The van der Waals surface area contributed by atoms with Crippen LogP contribution in [0.1, 0.15) is 24.4 Å². The van der Waals surface area contributed by atoms with E-state index in [0.29, 0.717) is 11.4 Å². The van der Waals surface area contributed by atoms with Crippen LogP contribution in [0.3, 0.4) is 0 Å². The van der Waals surface area contributed by atoms with E-state index in [2.05, 4.69) is 20.3 Å². The maximum Gasteiger partial charge on any atom is 0.261 e. The van der Waals surface area contributed by atoms with E-state index >= 15 is 0 Å². The molecule has 3 aromatic rings. The smallest absolute Gasteiger partial charge is 0.261 e. The van der Waals surface area contributed by atoms with Crippen LogP contribution in [0.15, 0.2) is 31.0 Å². The number of thiophene rings is 1. The summed E-state index contributed by atoms with van der Waals surface area (Å²) in [6.07, 6.45) is 5.77. The number of nitrogens with one attached hydrogen (secondary N) is 1. The van der Waals surface area contributed by atoms with Crippen molar-refractivity contribution in [2.24, 2.45) is 0 Å².